The fraction of sp³-hybridized carbons (Fsp3) is 0.0625. The molecule has 0 bridgehead atoms. The minimum atomic E-state index is -0.172. The molecule has 0 amide bonds. The maximum absolute atomic E-state index is 12.3. The highest BCUT2D eigenvalue weighted by Crippen LogP contribution is 2.26. The Morgan fingerprint density at radius 3 is 2.61 bits per heavy atom. The monoisotopic (exact) mass is 298 g/mol. The van der Waals surface area contributed by atoms with Gasteiger partial charge in [0.15, 0.2) is 5.78 Å². The fourth-order valence-corrected chi connectivity index (χ4v) is 2.62. The van der Waals surface area contributed by atoms with Crippen molar-refractivity contribution in [2.75, 3.05) is 0 Å². The van der Waals surface area contributed by atoms with E-state index in [9.17, 15) is 4.79 Å². The van der Waals surface area contributed by atoms with E-state index >= 15 is 0 Å². The molecule has 2 aliphatic carbocycles. The lowest BCUT2D eigenvalue weighted by atomic mass is 9.88. The van der Waals surface area contributed by atoms with Crippen LogP contribution < -0.4 is 10.4 Å². The molecule has 0 fully saturated rings. The number of fused-ring (bicyclic) bond motifs is 2. The standard InChI is InChI=1S/C16H11BrO/c17-14-8-7-12-6-5-11-3-1-2-4-13(11)9-16(18)15(12)10-14/h1-10,15H. The van der Waals surface area contributed by atoms with Crippen molar-refractivity contribution in [2.24, 2.45) is 5.92 Å². The highest BCUT2D eigenvalue weighted by molar-refractivity contribution is 9.11. The van der Waals surface area contributed by atoms with E-state index in [1.807, 2.05) is 48.6 Å². The third-order valence-corrected chi connectivity index (χ3v) is 3.70. The van der Waals surface area contributed by atoms with Crippen LogP contribution in [0, 0.1) is 5.92 Å². The molecule has 0 saturated heterocycles. The average molecular weight is 299 g/mol. The van der Waals surface area contributed by atoms with E-state index in [1.165, 1.54) is 0 Å². The SMILES string of the molecule is O=C1C=c2ccccc2=CC=C2C=CC(Br)=CC12. The van der Waals surface area contributed by atoms with Crippen molar-refractivity contribution in [2.45, 2.75) is 0 Å². The molecule has 0 radical (unpaired) electrons. The van der Waals surface area contributed by atoms with E-state index in [0.29, 0.717) is 0 Å². The number of allylic oxidation sites excluding steroid dienone is 6. The molecule has 1 unspecified atom stereocenters. The zero-order chi connectivity index (χ0) is 12.5. The van der Waals surface area contributed by atoms with Gasteiger partial charge in [-0.25, -0.2) is 0 Å². The minimum absolute atomic E-state index is 0.128. The molecular weight excluding hydrogens is 288 g/mol. The topological polar surface area (TPSA) is 17.1 Å². The fourth-order valence-electron chi connectivity index (χ4n) is 2.22. The number of Topliss-reactive ketones (excluding diaryl/α,β-unsaturated/α-hetero) is 1. The summed E-state index contributed by atoms with van der Waals surface area (Å²) in [6.45, 7) is 0. The number of hydrogen-bond donors (Lipinski definition) is 0. The number of carbonyl (C=O) groups is 1. The van der Waals surface area contributed by atoms with Crippen molar-refractivity contribution < 1.29 is 4.79 Å². The summed E-state index contributed by atoms with van der Waals surface area (Å²) in [5.74, 6) is -0.0444. The van der Waals surface area contributed by atoms with Crippen molar-refractivity contribution in [3.05, 3.63) is 69.1 Å². The third-order valence-electron chi connectivity index (χ3n) is 3.18. The molecular formula is C16H11BrO. The van der Waals surface area contributed by atoms with Gasteiger partial charge in [-0.15, -0.1) is 0 Å². The van der Waals surface area contributed by atoms with Crippen LogP contribution in [0.4, 0.5) is 0 Å². The van der Waals surface area contributed by atoms with Crippen LogP contribution >= 0.6 is 15.9 Å². The molecule has 0 heterocycles. The molecule has 0 spiro atoms. The second-order valence-electron chi connectivity index (χ2n) is 4.37. The van der Waals surface area contributed by atoms with Gasteiger partial charge in [0.25, 0.3) is 0 Å². The maximum atomic E-state index is 12.3. The summed E-state index contributed by atoms with van der Waals surface area (Å²) in [6, 6.07) is 7.93. The number of hydrogen-bond acceptors (Lipinski definition) is 1. The number of rotatable bonds is 0. The Labute approximate surface area is 114 Å². The molecule has 0 aliphatic heterocycles. The van der Waals surface area contributed by atoms with Gasteiger partial charge in [-0.1, -0.05) is 64.5 Å². The van der Waals surface area contributed by atoms with Gasteiger partial charge in [-0.3, -0.25) is 4.79 Å². The van der Waals surface area contributed by atoms with Crippen molar-refractivity contribution in [1.29, 1.82) is 0 Å². The lowest BCUT2D eigenvalue weighted by molar-refractivity contribution is -0.114. The Kier molecular flexibility index (Phi) is 2.88. The Balaban J connectivity index is 2.25. The average Bonchev–Trinajstić information content (AvgIpc) is 2.37. The van der Waals surface area contributed by atoms with E-state index < -0.39 is 0 Å². The molecule has 1 aromatic carbocycles. The quantitative estimate of drug-likeness (QED) is 0.718. The molecule has 88 valence electrons. The van der Waals surface area contributed by atoms with Crippen LogP contribution in [0.5, 0.6) is 0 Å². The molecule has 0 saturated carbocycles. The number of halogens is 1. The van der Waals surface area contributed by atoms with Gasteiger partial charge < -0.3 is 0 Å². The Morgan fingerprint density at radius 2 is 1.78 bits per heavy atom. The van der Waals surface area contributed by atoms with Gasteiger partial charge in [-0.2, -0.15) is 0 Å². The molecule has 1 atom stereocenters. The third kappa shape index (κ3) is 2.04. The summed E-state index contributed by atoms with van der Waals surface area (Å²) in [6.07, 6.45) is 11.7. The minimum Gasteiger partial charge on any atom is -0.294 e. The van der Waals surface area contributed by atoms with Gasteiger partial charge in [-0.05, 0) is 28.2 Å². The smallest absolute Gasteiger partial charge is 0.167 e. The Hall–Kier alpha value is -1.67. The van der Waals surface area contributed by atoms with E-state index in [0.717, 1.165) is 20.5 Å². The van der Waals surface area contributed by atoms with Gasteiger partial charge >= 0.3 is 0 Å². The first-order chi connectivity index (χ1) is 8.74. The summed E-state index contributed by atoms with van der Waals surface area (Å²) in [7, 11) is 0. The van der Waals surface area contributed by atoms with Crippen LogP contribution in [-0.2, 0) is 4.79 Å². The van der Waals surface area contributed by atoms with E-state index in [4.69, 9.17) is 0 Å². The largest absolute Gasteiger partial charge is 0.294 e. The molecule has 0 aromatic heterocycles. The summed E-state index contributed by atoms with van der Waals surface area (Å²) in [5, 5.41) is 2.07. The summed E-state index contributed by atoms with van der Waals surface area (Å²) >= 11 is 3.43. The second kappa shape index (κ2) is 4.54. The number of carbonyl (C=O) groups excluding carboxylic acids is 1. The van der Waals surface area contributed by atoms with Crippen molar-refractivity contribution in [3.8, 4) is 0 Å². The lowest BCUT2D eigenvalue weighted by Gasteiger charge is -2.16. The van der Waals surface area contributed by atoms with Crippen molar-refractivity contribution >= 4 is 33.9 Å². The molecule has 1 aromatic rings. The summed E-state index contributed by atoms with van der Waals surface area (Å²) in [5.41, 5.74) is 1.04. The molecule has 2 aliphatic rings. The van der Waals surface area contributed by atoms with E-state index in [2.05, 4.69) is 22.0 Å². The van der Waals surface area contributed by atoms with Crippen LogP contribution in [0.15, 0.2) is 58.6 Å². The summed E-state index contributed by atoms with van der Waals surface area (Å²) < 4.78 is 0.959. The predicted octanol–water partition coefficient (Wildman–Crippen LogP) is 2.22. The second-order valence-corrected chi connectivity index (χ2v) is 5.29. The predicted molar refractivity (Wildman–Crippen MR) is 77.4 cm³/mol. The normalized spacial score (nSPS) is 21.4. The molecule has 0 N–H and O–H groups in total. The van der Waals surface area contributed by atoms with Crippen LogP contribution in [0.25, 0.3) is 12.2 Å². The Morgan fingerprint density at radius 1 is 1.00 bits per heavy atom. The van der Waals surface area contributed by atoms with Gasteiger partial charge in [0.05, 0.1) is 5.92 Å². The molecule has 1 nitrogen and oxygen atoms in total. The summed E-state index contributed by atoms with van der Waals surface area (Å²) in [4.78, 5) is 12.3. The Bertz CT molecular complexity index is 720. The highest BCUT2D eigenvalue weighted by atomic mass is 79.9. The molecule has 18 heavy (non-hydrogen) atoms. The first-order valence-corrected chi connectivity index (χ1v) is 6.61. The van der Waals surface area contributed by atoms with E-state index in [1.54, 1.807) is 6.08 Å². The van der Waals surface area contributed by atoms with Gasteiger partial charge in [0.1, 0.15) is 0 Å². The zero-order valence-corrected chi connectivity index (χ0v) is 11.2. The van der Waals surface area contributed by atoms with Crippen LogP contribution in [0.3, 0.4) is 0 Å². The first-order valence-electron chi connectivity index (χ1n) is 5.82. The van der Waals surface area contributed by atoms with Crippen LogP contribution in [0.2, 0.25) is 0 Å². The van der Waals surface area contributed by atoms with Gasteiger partial charge in [0, 0.05) is 4.48 Å². The maximum Gasteiger partial charge on any atom is 0.167 e. The zero-order valence-electron chi connectivity index (χ0n) is 9.64. The number of benzene rings is 1. The highest BCUT2D eigenvalue weighted by Gasteiger charge is 2.20. The van der Waals surface area contributed by atoms with Gasteiger partial charge in [0.2, 0.25) is 0 Å². The molecule has 2 heteroatoms. The van der Waals surface area contributed by atoms with Crippen LogP contribution in [0.1, 0.15) is 0 Å². The first kappa shape index (κ1) is 11.4. The lowest BCUT2D eigenvalue weighted by Crippen LogP contribution is -2.28. The molecule has 3 rings (SSSR count). The number of ketones is 1. The van der Waals surface area contributed by atoms with Crippen molar-refractivity contribution in [1.82, 2.24) is 0 Å². The van der Waals surface area contributed by atoms with Crippen molar-refractivity contribution in [3.63, 3.8) is 0 Å². The van der Waals surface area contributed by atoms with Crippen LogP contribution in [-0.4, -0.2) is 5.78 Å². The van der Waals surface area contributed by atoms with E-state index in [-0.39, 0.29) is 11.7 Å².